The van der Waals surface area contributed by atoms with Gasteiger partial charge in [0.2, 0.25) is 5.91 Å². The molecule has 1 saturated heterocycles. The topological polar surface area (TPSA) is 70.7 Å². The molecule has 2 aromatic rings. The Morgan fingerprint density at radius 2 is 1.67 bits per heavy atom. The SMILES string of the molecule is COc1cccc(CNC(=O)N2CCC(C)(C(=O)NCc3ccc(C)cc3)CC2)c1. The van der Waals surface area contributed by atoms with E-state index in [1.54, 1.807) is 12.0 Å². The molecule has 0 aliphatic carbocycles. The summed E-state index contributed by atoms with van der Waals surface area (Å²) in [5, 5.41) is 6.02. The van der Waals surface area contributed by atoms with Crippen molar-refractivity contribution < 1.29 is 14.3 Å². The molecule has 160 valence electrons. The number of methoxy groups -OCH3 is 1. The van der Waals surface area contributed by atoms with Crippen LogP contribution in [0.3, 0.4) is 0 Å². The van der Waals surface area contributed by atoms with E-state index in [-0.39, 0.29) is 11.9 Å². The maximum Gasteiger partial charge on any atom is 0.317 e. The molecule has 2 N–H and O–H groups in total. The summed E-state index contributed by atoms with van der Waals surface area (Å²) in [6.07, 6.45) is 1.30. The first kappa shape index (κ1) is 21.7. The van der Waals surface area contributed by atoms with Crippen LogP contribution in [0.1, 0.15) is 36.5 Å². The van der Waals surface area contributed by atoms with Gasteiger partial charge in [0, 0.05) is 31.6 Å². The van der Waals surface area contributed by atoms with Gasteiger partial charge in [-0.05, 0) is 43.0 Å². The third-order valence-electron chi connectivity index (χ3n) is 5.85. The summed E-state index contributed by atoms with van der Waals surface area (Å²) in [7, 11) is 1.62. The number of carbonyl (C=O) groups is 2. The van der Waals surface area contributed by atoms with Gasteiger partial charge in [0.25, 0.3) is 0 Å². The Labute approximate surface area is 178 Å². The minimum absolute atomic E-state index is 0.0551. The minimum atomic E-state index is -0.450. The largest absolute Gasteiger partial charge is 0.497 e. The second-order valence-electron chi connectivity index (χ2n) is 8.23. The Bertz CT molecular complexity index is 872. The summed E-state index contributed by atoms with van der Waals surface area (Å²) >= 11 is 0. The number of hydrogen-bond donors (Lipinski definition) is 2. The lowest BCUT2D eigenvalue weighted by atomic mass is 9.79. The van der Waals surface area contributed by atoms with E-state index in [2.05, 4.69) is 10.6 Å². The number of piperidine rings is 1. The van der Waals surface area contributed by atoms with Gasteiger partial charge >= 0.3 is 6.03 Å². The average Bonchev–Trinajstić information content (AvgIpc) is 2.77. The highest BCUT2D eigenvalue weighted by Crippen LogP contribution is 2.31. The van der Waals surface area contributed by atoms with E-state index in [0.717, 1.165) is 16.9 Å². The predicted molar refractivity (Wildman–Crippen MR) is 117 cm³/mol. The molecule has 1 fully saturated rings. The molecule has 6 nitrogen and oxygen atoms in total. The summed E-state index contributed by atoms with van der Waals surface area (Å²) in [5.74, 6) is 0.826. The van der Waals surface area contributed by atoms with Crippen LogP contribution in [-0.2, 0) is 17.9 Å². The van der Waals surface area contributed by atoms with Crippen molar-refractivity contribution >= 4 is 11.9 Å². The van der Waals surface area contributed by atoms with Crippen molar-refractivity contribution in [3.05, 3.63) is 65.2 Å². The molecular weight excluding hydrogens is 378 g/mol. The van der Waals surface area contributed by atoms with Gasteiger partial charge in [-0.2, -0.15) is 0 Å². The van der Waals surface area contributed by atoms with E-state index in [1.807, 2.05) is 62.4 Å². The molecule has 6 heteroatoms. The molecule has 30 heavy (non-hydrogen) atoms. The molecule has 3 amide bonds. The van der Waals surface area contributed by atoms with Crippen molar-refractivity contribution in [2.45, 2.75) is 39.8 Å². The van der Waals surface area contributed by atoms with Crippen molar-refractivity contribution in [2.75, 3.05) is 20.2 Å². The Morgan fingerprint density at radius 1 is 1.00 bits per heavy atom. The number of aryl methyl sites for hydroxylation is 1. The van der Waals surface area contributed by atoms with Gasteiger partial charge in [0.05, 0.1) is 7.11 Å². The lowest BCUT2D eigenvalue weighted by Gasteiger charge is -2.38. The van der Waals surface area contributed by atoms with Crippen molar-refractivity contribution in [3.63, 3.8) is 0 Å². The summed E-state index contributed by atoms with van der Waals surface area (Å²) < 4.78 is 5.22. The average molecular weight is 410 g/mol. The number of hydrogen-bond acceptors (Lipinski definition) is 3. The van der Waals surface area contributed by atoms with Crippen LogP contribution in [0.2, 0.25) is 0 Å². The lowest BCUT2D eigenvalue weighted by Crippen LogP contribution is -2.50. The van der Waals surface area contributed by atoms with E-state index in [1.165, 1.54) is 5.56 Å². The Kier molecular flexibility index (Phi) is 6.98. The Morgan fingerprint density at radius 3 is 2.33 bits per heavy atom. The summed E-state index contributed by atoms with van der Waals surface area (Å²) in [6, 6.07) is 15.7. The van der Waals surface area contributed by atoms with Crippen LogP contribution in [0, 0.1) is 12.3 Å². The first-order valence-electron chi connectivity index (χ1n) is 10.4. The summed E-state index contributed by atoms with van der Waals surface area (Å²) in [5.41, 5.74) is 2.83. The molecule has 0 radical (unpaired) electrons. The van der Waals surface area contributed by atoms with Gasteiger partial charge in [-0.15, -0.1) is 0 Å². The number of carbonyl (C=O) groups excluding carboxylic acids is 2. The summed E-state index contributed by atoms with van der Waals surface area (Å²) in [6.45, 7) is 6.14. The van der Waals surface area contributed by atoms with Crippen LogP contribution in [0.4, 0.5) is 4.79 Å². The molecule has 2 aromatic carbocycles. The standard InChI is InChI=1S/C24H31N3O3/c1-18-7-9-19(10-8-18)16-25-22(28)24(2)11-13-27(14-12-24)23(29)26-17-20-5-4-6-21(15-20)30-3/h4-10,15H,11-14,16-17H2,1-3H3,(H,25,28)(H,26,29). The Hall–Kier alpha value is -3.02. The van der Waals surface area contributed by atoms with E-state index < -0.39 is 5.41 Å². The fraction of sp³-hybridized carbons (Fsp3) is 0.417. The molecule has 1 aliphatic heterocycles. The Balaban J connectivity index is 1.45. The number of amides is 3. The smallest absolute Gasteiger partial charge is 0.317 e. The monoisotopic (exact) mass is 409 g/mol. The molecule has 1 aliphatic rings. The molecule has 1 heterocycles. The summed E-state index contributed by atoms with van der Waals surface area (Å²) in [4.78, 5) is 27.1. The highest BCUT2D eigenvalue weighted by molar-refractivity contribution is 5.83. The van der Waals surface area contributed by atoms with E-state index in [4.69, 9.17) is 4.74 Å². The second-order valence-corrected chi connectivity index (χ2v) is 8.23. The highest BCUT2D eigenvalue weighted by Gasteiger charge is 2.37. The zero-order valence-electron chi connectivity index (χ0n) is 18.0. The fourth-order valence-corrected chi connectivity index (χ4v) is 3.60. The maximum atomic E-state index is 12.8. The molecular formula is C24H31N3O3. The number of urea groups is 1. The first-order chi connectivity index (χ1) is 14.4. The molecule has 0 unspecified atom stereocenters. The number of ether oxygens (including phenoxy) is 1. The quantitative estimate of drug-likeness (QED) is 0.765. The van der Waals surface area contributed by atoms with Crippen LogP contribution < -0.4 is 15.4 Å². The molecule has 0 bridgehead atoms. The zero-order chi connectivity index (χ0) is 21.6. The number of likely N-dealkylation sites (tertiary alicyclic amines) is 1. The second kappa shape index (κ2) is 9.65. The third-order valence-corrected chi connectivity index (χ3v) is 5.85. The van der Waals surface area contributed by atoms with Crippen LogP contribution >= 0.6 is 0 Å². The third kappa shape index (κ3) is 5.53. The van der Waals surface area contributed by atoms with Crippen molar-refractivity contribution in [3.8, 4) is 5.75 Å². The van der Waals surface area contributed by atoms with Gasteiger partial charge < -0.3 is 20.3 Å². The van der Waals surface area contributed by atoms with E-state index in [9.17, 15) is 9.59 Å². The van der Waals surface area contributed by atoms with Gasteiger partial charge in [0.15, 0.2) is 0 Å². The predicted octanol–water partition coefficient (Wildman–Crippen LogP) is 3.63. The fourth-order valence-electron chi connectivity index (χ4n) is 3.60. The number of nitrogens with zero attached hydrogens (tertiary/aromatic N) is 1. The van der Waals surface area contributed by atoms with Crippen LogP contribution in [-0.4, -0.2) is 37.0 Å². The minimum Gasteiger partial charge on any atom is -0.497 e. The molecule has 0 atom stereocenters. The normalized spacial score (nSPS) is 15.4. The van der Waals surface area contributed by atoms with Crippen LogP contribution in [0.5, 0.6) is 5.75 Å². The zero-order valence-corrected chi connectivity index (χ0v) is 18.0. The van der Waals surface area contributed by atoms with Gasteiger partial charge in [-0.3, -0.25) is 4.79 Å². The van der Waals surface area contributed by atoms with E-state index >= 15 is 0 Å². The van der Waals surface area contributed by atoms with Crippen molar-refractivity contribution in [1.29, 1.82) is 0 Å². The van der Waals surface area contributed by atoms with Crippen molar-refractivity contribution in [2.24, 2.45) is 5.41 Å². The van der Waals surface area contributed by atoms with Crippen molar-refractivity contribution in [1.82, 2.24) is 15.5 Å². The van der Waals surface area contributed by atoms with Crippen LogP contribution in [0.15, 0.2) is 48.5 Å². The molecule has 3 rings (SSSR count). The van der Waals surface area contributed by atoms with E-state index in [0.29, 0.717) is 39.0 Å². The number of rotatable bonds is 6. The van der Waals surface area contributed by atoms with Gasteiger partial charge in [0.1, 0.15) is 5.75 Å². The maximum absolute atomic E-state index is 12.8. The van der Waals surface area contributed by atoms with Gasteiger partial charge in [-0.25, -0.2) is 4.79 Å². The first-order valence-corrected chi connectivity index (χ1v) is 10.4. The van der Waals surface area contributed by atoms with Crippen LogP contribution in [0.25, 0.3) is 0 Å². The highest BCUT2D eigenvalue weighted by atomic mass is 16.5. The number of benzene rings is 2. The number of nitrogens with one attached hydrogen (secondary N) is 2. The molecule has 0 spiro atoms. The van der Waals surface area contributed by atoms with Gasteiger partial charge in [-0.1, -0.05) is 48.9 Å². The lowest BCUT2D eigenvalue weighted by molar-refractivity contribution is -0.132. The molecule has 0 aromatic heterocycles. The molecule has 0 saturated carbocycles.